The number of hydrogen-bond donors (Lipinski definition) is 2. The van der Waals surface area contributed by atoms with E-state index in [1.807, 2.05) is 42.7 Å². The van der Waals surface area contributed by atoms with Crippen LogP contribution in [0.4, 0.5) is 5.69 Å². The number of ether oxygens (including phenoxy) is 2. The van der Waals surface area contributed by atoms with Gasteiger partial charge in [-0.3, -0.25) is 19.3 Å². The quantitative estimate of drug-likeness (QED) is 0.334. The van der Waals surface area contributed by atoms with Crippen LogP contribution in [0.2, 0.25) is 0 Å². The van der Waals surface area contributed by atoms with E-state index < -0.39 is 29.6 Å². The average Bonchev–Trinajstić information content (AvgIpc) is 3.63. The highest BCUT2D eigenvalue weighted by Crippen LogP contribution is 2.55. The van der Waals surface area contributed by atoms with E-state index in [4.69, 9.17) is 9.47 Å². The van der Waals surface area contributed by atoms with Gasteiger partial charge in [-0.05, 0) is 49.1 Å². The van der Waals surface area contributed by atoms with Crippen LogP contribution in [0.15, 0.2) is 41.3 Å². The first-order valence-corrected chi connectivity index (χ1v) is 16.8. The van der Waals surface area contributed by atoms with Crippen molar-refractivity contribution in [3.63, 3.8) is 0 Å². The second-order valence-corrected chi connectivity index (χ2v) is 13.5. The summed E-state index contributed by atoms with van der Waals surface area (Å²) in [6, 6.07) is 6.94. The fourth-order valence-electron chi connectivity index (χ4n) is 7.77. The lowest BCUT2D eigenvalue weighted by Gasteiger charge is -2.38. The van der Waals surface area contributed by atoms with Crippen molar-refractivity contribution >= 4 is 35.2 Å². The molecular weight excluding hydrogens is 552 g/mol. The number of hydrogen-bond acceptors (Lipinski definition) is 7. The first-order chi connectivity index (χ1) is 20.3. The van der Waals surface area contributed by atoms with Crippen molar-refractivity contribution in [1.82, 2.24) is 15.1 Å². The Morgan fingerprint density at radius 1 is 1.12 bits per heavy atom. The summed E-state index contributed by atoms with van der Waals surface area (Å²) in [4.78, 5) is 47.3. The van der Waals surface area contributed by atoms with E-state index in [0.717, 1.165) is 43.8 Å². The molecule has 0 radical (unpaired) electrons. The number of carbonyl (C=O) groups is 3. The number of benzene rings is 1. The number of nitrogens with one attached hydrogen (secondary N) is 2. The van der Waals surface area contributed by atoms with Crippen molar-refractivity contribution < 1.29 is 23.9 Å². The molecule has 9 nitrogen and oxygen atoms in total. The topological polar surface area (TPSA) is 100 Å². The Bertz CT molecular complexity index is 1220. The van der Waals surface area contributed by atoms with Gasteiger partial charge in [-0.1, -0.05) is 44.9 Å². The van der Waals surface area contributed by atoms with Crippen LogP contribution in [-0.2, 0) is 23.9 Å². The predicted octanol–water partition coefficient (Wildman–Crippen LogP) is 3.16. The maximum absolute atomic E-state index is 14.3. The number of thioether (sulfide) groups is 1. The third-order valence-corrected chi connectivity index (χ3v) is 11.0. The molecule has 4 heterocycles. The molecule has 5 aliphatic rings. The number of morpholine rings is 1. The highest BCUT2D eigenvalue weighted by molar-refractivity contribution is 7.98. The molecule has 2 N–H and O–H groups in total. The van der Waals surface area contributed by atoms with Gasteiger partial charge in [0.05, 0.1) is 31.2 Å². The van der Waals surface area contributed by atoms with Crippen LogP contribution in [-0.4, -0.2) is 97.0 Å². The number of anilines is 1. The summed E-state index contributed by atoms with van der Waals surface area (Å²) in [6.07, 6.45) is 9.15. The van der Waals surface area contributed by atoms with E-state index in [0.29, 0.717) is 37.3 Å². The van der Waals surface area contributed by atoms with Gasteiger partial charge in [0, 0.05) is 42.8 Å². The van der Waals surface area contributed by atoms with Crippen LogP contribution in [0.25, 0.3) is 0 Å². The Hall–Kier alpha value is -2.40. The van der Waals surface area contributed by atoms with Gasteiger partial charge in [0.1, 0.15) is 11.6 Å². The van der Waals surface area contributed by atoms with Gasteiger partial charge < -0.3 is 25.0 Å². The van der Waals surface area contributed by atoms with Crippen molar-refractivity contribution in [2.45, 2.75) is 68.2 Å². The number of carbonyl (C=O) groups excluding carboxylic acids is 3. The highest BCUT2D eigenvalue weighted by atomic mass is 32.2. The van der Waals surface area contributed by atoms with Crippen LogP contribution >= 0.6 is 11.8 Å². The minimum Gasteiger partial charge on any atom is -0.379 e. The van der Waals surface area contributed by atoms with Crippen molar-refractivity contribution in [2.24, 2.45) is 23.7 Å². The Kier molecular flexibility index (Phi) is 8.69. The molecule has 10 heteroatoms. The molecule has 1 aromatic rings. The maximum atomic E-state index is 14.3. The molecule has 4 fully saturated rings. The second kappa shape index (κ2) is 12.3. The number of amides is 3. The molecule has 3 saturated heterocycles. The molecule has 1 spiro atoms. The molecule has 0 aromatic heterocycles. The van der Waals surface area contributed by atoms with E-state index in [2.05, 4.69) is 29.4 Å². The molecule has 1 aromatic carbocycles. The van der Waals surface area contributed by atoms with E-state index in [1.165, 1.54) is 6.42 Å². The van der Waals surface area contributed by atoms with Crippen molar-refractivity contribution in [3.8, 4) is 0 Å². The molecule has 228 valence electrons. The summed E-state index contributed by atoms with van der Waals surface area (Å²) in [5, 5.41) is 6.38. The van der Waals surface area contributed by atoms with Gasteiger partial charge in [-0.25, -0.2) is 0 Å². The molecule has 4 aliphatic heterocycles. The molecule has 0 unspecified atom stereocenters. The van der Waals surface area contributed by atoms with E-state index in [9.17, 15) is 14.4 Å². The smallest absolute Gasteiger partial charge is 0.246 e. The molecule has 8 atom stereocenters. The fourth-order valence-corrected chi connectivity index (χ4v) is 8.23. The summed E-state index contributed by atoms with van der Waals surface area (Å²) in [7, 11) is 0. The van der Waals surface area contributed by atoms with Gasteiger partial charge in [-0.15, -0.1) is 11.8 Å². The average molecular weight is 597 g/mol. The SMILES string of the molecule is CSc1cccc(NC(=O)[C@@H]2[C@@H]3C=C[C@]4(O3)[C@@H]2C(=O)N(CCCN2CCOCC2)[C@H]4C(=O)N[C@@H]2CCC[C@@H](C)[C@@H]2C)c1. The van der Waals surface area contributed by atoms with Gasteiger partial charge in [0.2, 0.25) is 17.7 Å². The minimum atomic E-state index is -1.14. The Balaban J connectivity index is 1.25. The van der Waals surface area contributed by atoms with Crippen molar-refractivity contribution in [1.29, 1.82) is 0 Å². The highest BCUT2D eigenvalue weighted by Gasteiger charge is 2.72. The number of fused-ring (bicyclic) bond motifs is 1. The van der Waals surface area contributed by atoms with E-state index in [1.54, 1.807) is 16.7 Å². The Labute approximate surface area is 253 Å². The maximum Gasteiger partial charge on any atom is 0.246 e. The third kappa shape index (κ3) is 5.40. The number of likely N-dealkylation sites (tertiary alicyclic amines) is 1. The summed E-state index contributed by atoms with van der Waals surface area (Å²) >= 11 is 1.60. The zero-order valence-electron chi connectivity index (χ0n) is 24.9. The van der Waals surface area contributed by atoms with Gasteiger partial charge in [0.15, 0.2) is 0 Å². The number of nitrogens with zero attached hydrogens (tertiary/aromatic N) is 2. The zero-order valence-corrected chi connectivity index (χ0v) is 25.7. The van der Waals surface area contributed by atoms with Crippen LogP contribution in [0.1, 0.15) is 39.5 Å². The second-order valence-electron chi connectivity index (χ2n) is 12.6. The van der Waals surface area contributed by atoms with Crippen LogP contribution < -0.4 is 10.6 Å². The molecule has 42 heavy (non-hydrogen) atoms. The minimum absolute atomic E-state index is 0.0624. The first-order valence-electron chi connectivity index (χ1n) is 15.6. The molecule has 2 bridgehead atoms. The number of rotatable bonds is 9. The monoisotopic (exact) mass is 596 g/mol. The van der Waals surface area contributed by atoms with Gasteiger partial charge in [0.25, 0.3) is 0 Å². The lowest BCUT2D eigenvalue weighted by molar-refractivity contribution is -0.141. The van der Waals surface area contributed by atoms with E-state index >= 15 is 0 Å². The summed E-state index contributed by atoms with van der Waals surface area (Å²) < 4.78 is 12.0. The standard InChI is InChI=1S/C32H44N4O5S/c1-20-7-4-10-24(21(20)2)34-30(38)28-32-12-11-25(41-32)26(29(37)33-22-8-5-9-23(19-22)42-3)27(32)31(39)36(28)14-6-13-35-15-17-40-18-16-35/h5,8-9,11-12,19-21,24-28H,4,6-7,10,13-18H2,1-3H3,(H,33,37)(H,34,38)/t20-,21+,24-,25+,26-,27+,28+,32+/m1/s1. The molecule has 1 saturated carbocycles. The third-order valence-electron chi connectivity index (χ3n) is 10.3. The van der Waals surface area contributed by atoms with E-state index in [-0.39, 0.29) is 23.8 Å². The van der Waals surface area contributed by atoms with Crippen LogP contribution in [0, 0.1) is 23.7 Å². The van der Waals surface area contributed by atoms with Gasteiger partial charge >= 0.3 is 0 Å². The largest absolute Gasteiger partial charge is 0.379 e. The lowest BCUT2D eigenvalue weighted by Crippen LogP contribution is -2.58. The summed E-state index contributed by atoms with van der Waals surface area (Å²) in [6.45, 7) is 8.89. The lowest BCUT2D eigenvalue weighted by atomic mass is 9.73. The predicted molar refractivity (Wildman–Crippen MR) is 162 cm³/mol. The first kappa shape index (κ1) is 29.7. The normalized spacial score (nSPS) is 35.8. The molecule has 1 aliphatic carbocycles. The van der Waals surface area contributed by atoms with Crippen LogP contribution in [0.3, 0.4) is 0 Å². The van der Waals surface area contributed by atoms with Crippen LogP contribution in [0.5, 0.6) is 0 Å². The van der Waals surface area contributed by atoms with Crippen molar-refractivity contribution in [2.75, 3.05) is 51.0 Å². The van der Waals surface area contributed by atoms with Crippen molar-refractivity contribution in [3.05, 3.63) is 36.4 Å². The molecular formula is C32H44N4O5S. The van der Waals surface area contributed by atoms with Gasteiger partial charge in [-0.2, -0.15) is 0 Å². The Morgan fingerprint density at radius 3 is 2.71 bits per heavy atom. The zero-order chi connectivity index (χ0) is 29.4. The summed E-state index contributed by atoms with van der Waals surface area (Å²) in [5.41, 5.74) is -0.451. The Morgan fingerprint density at radius 2 is 1.93 bits per heavy atom. The fraction of sp³-hybridized carbons (Fsp3) is 0.656. The summed E-state index contributed by atoms with van der Waals surface area (Å²) in [5.74, 6) is -1.12. The molecule has 3 amide bonds. The molecule has 6 rings (SSSR count).